The number of benzene rings is 4. The number of carbonyl (C=O) groups is 5. The maximum atomic E-state index is 12.8. The largest absolute Gasteiger partial charge is 1.00 e. The van der Waals surface area contributed by atoms with Crippen molar-refractivity contribution >= 4 is 139 Å². The molecule has 0 radical (unpaired) electrons. The summed E-state index contributed by atoms with van der Waals surface area (Å²) in [6, 6.07) is 22.0. The minimum atomic E-state index is -0.648. The Kier molecular flexibility index (Phi) is 71.0. The molecule has 7 atom stereocenters. The molecule has 0 aliphatic heterocycles. The lowest BCUT2D eigenvalue weighted by Gasteiger charge is -2.24. The predicted molar refractivity (Wildman–Crippen MR) is 453 cm³/mol. The fourth-order valence-electron chi connectivity index (χ4n) is 8.63. The van der Waals surface area contributed by atoms with E-state index in [1.165, 1.54) is 11.1 Å². The van der Waals surface area contributed by atoms with Crippen molar-refractivity contribution in [1.29, 1.82) is 0 Å². The molecule has 4 aromatic rings. The summed E-state index contributed by atoms with van der Waals surface area (Å²) in [5, 5.41) is 21.2. The van der Waals surface area contributed by atoms with Gasteiger partial charge in [-0.15, -0.1) is 12.4 Å². The van der Waals surface area contributed by atoms with Gasteiger partial charge in [-0.25, -0.2) is 9.59 Å². The maximum Gasteiger partial charge on any atom is 0.408 e. The molecular formula is C73H131Cl2I2N7O12S6. The van der Waals surface area contributed by atoms with Crippen LogP contribution in [0.3, 0.4) is 0 Å². The highest BCUT2D eigenvalue weighted by Gasteiger charge is 2.28. The molecule has 0 fully saturated rings. The molecule has 10 N–H and O–H groups in total. The number of hydrogen-bond donors (Lipinski definition) is 8. The van der Waals surface area contributed by atoms with E-state index in [9.17, 15) is 24.0 Å². The summed E-state index contributed by atoms with van der Waals surface area (Å²) in [5.41, 5.74) is 19.1. The van der Waals surface area contributed by atoms with E-state index in [0.717, 1.165) is 87.2 Å². The van der Waals surface area contributed by atoms with Crippen LogP contribution in [0.4, 0.5) is 9.59 Å². The number of thioether (sulfide) groups is 1. The number of para-hydroxylation sites is 4. The van der Waals surface area contributed by atoms with E-state index in [1.807, 2.05) is 167 Å². The average molecular weight is 1820 g/mol. The van der Waals surface area contributed by atoms with Crippen molar-refractivity contribution in [3.63, 3.8) is 0 Å². The molecule has 4 unspecified atom stereocenters. The Labute approximate surface area is 689 Å². The number of hydrogen-bond acceptors (Lipinski definition) is 15. The molecule has 19 nitrogen and oxygen atoms in total. The van der Waals surface area contributed by atoms with Crippen LogP contribution >= 0.6 is 87.2 Å². The summed E-state index contributed by atoms with van der Waals surface area (Å²) in [7, 11) is 1.49. The van der Waals surface area contributed by atoms with Crippen LogP contribution in [-0.4, -0.2) is 176 Å². The SMILES string of the molecule is CI.CO.CSCC[C@H](NC(=O)OC(C)(C)C)C(=O)NC(C)COc1c(C)cccc1C.Cc1cccc(C)c1OCC(C)N.Cc1cccc(C)c1OCC(C)NC(=O)[C@@H](N)CC[S+](C)C.Cc1cccc(C)c1OCC(C)NC(=O)[C@H](CC[S+](C)C)NC(=O)OC(C)(C)C.Cl.S.S.S.[Cl-].[I-]. The molecular weight excluding hydrogens is 1680 g/mol. The van der Waals surface area contributed by atoms with E-state index < -0.39 is 41.5 Å². The Morgan fingerprint density at radius 2 is 0.716 bits per heavy atom. The van der Waals surface area contributed by atoms with E-state index in [0.29, 0.717) is 50.2 Å². The van der Waals surface area contributed by atoms with E-state index >= 15 is 0 Å². The molecule has 0 heterocycles. The zero-order valence-electron chi connectivity index (χ0n) is 65.4. The van der Waals surface area contributed by atoms with Crippen molar-refractivity contribution in [2.45, 2.75) is 197 Å². The van der Waals surface area contributed by atoms with Crippen molar-refractivity contribution in [3.8, 4) is 23.0 Å². The highest BCUT2D eigenvalue weighted by molar-refractivity contribution is 14.1. The van der Waals surface area contributed by atoms with Gasteiger partial charge in [-0.05, 0) is 214 Å². The number of alkyl halides is 1. The number of nitrogens with one attached hydrogen (secondary N) is 5. The second-order valence-corrected chi connectivity index (χ2v) is 31.8. The van der Waals surface area contributed by atoms with Gasteiger partial charge in [0.2, 0.25) is 17.7 Å². The highest BCUT2D eigenvalue weighted by Crippen LogP contribution is 2.26. The van der Waals surface area contributed by atoms with E-state index in [1.54, 1.807) is 53.3 Å². The van der Waals surface area contributed by atoms with Crippen molar-refractivity contribution in [2.75, 3.05) is 87.0 Å². The number of aryl methyl sites for hydroxylation is 8. The van der Waals surface area contributed by atoms with Crippen molar-refractivity contribution in [2.24, 2.45) is 11.5 Å². The number of ether oxygens (including phenoxy) is 6. The molecule has 0 saturated carbocycles. The van der Waals surface area contributed by atoms with Crippen LogP contribution in [0.15, 0.2) is 72.8 Å². The third kappa shape index (κ3) is 53.8. The van der Waals surface area contributed by atoms with Gasteiger partial charge in [-0.2, -0.15) is 52.2 Å². The summed E-state index contributed by atoms with van der Waals surface area (Å²) >= 11 is 3.77. The van der Waals surface area contributed by atoms with Crippen LogP contribution in [-0.2, 0) is 45.6 Å². The lowest BCUT2D eigenvalue weighted by molar-refractivity contribution is -0.124. The van der Waals surface area contributed by atoms with Crippen molar-refractivity contribution in [1.82, 2.24) is 26.6 Å². The number of halogens is 4. The lowest BCUT2D eigenvalue weighted by atomic mass is 10.1. The Hall–Kier alpha value is -2.95. The van der Waals surface area contributed by atoms with E-state index in [-0.39, 0.29) is 142 Å². The van der Waals surface area contributed by atoms with Crippen LogP contribution in [0, 0.1) is 55.4 Å². The Balaban J connectivity index is -0.000000191. The summed E-state index contributed by atoms with van der Waals surface area (Å²) in [4.78, 5) is 63.6. The molecule has 0 aromatic heterocycles. The number of alkyl carbamates (subject to hydrolysis) is 2. The smallest absolute Gasteiger partial charge is 0.408 e. The summed E-state index contributed by atoms with van der Waals surface area (Å²) < 4.78 is 33.9. The predicted octanol–water partition coefficient (Wildman–Crippen LogP) is 6.42. The van der Waals surface area contributed by atoms with E-state index in [4.69, 9.17) is 45.0 Å². The molecule has 4 aromatic carbocycles. The summed E-state index contributed by atoms with van der Waals surface area (Å²) in [6.45, 7) is 36.2. The zero-order chi connectivity index (χ0) is 74.1. The topological polar surface area (TPSA) is 273 Å². The van der Waals surface area contributed by atoms with Crippen LogP contribution < -0.4 is 93.4 Å². The second kappa shape index (κ2) is 63.0. The molecule has 4 rings (SSSR count). The Bertz CT molecular complexity index is 2830. The van der Waals surface area contributed by atoms with Crippen LogP contribution in [0.5, 0.6) is 23.0 Å². The van der Waals surface area contributed by atoms with Crippen LogP contribution in [0.1, 0.15) is 133 Å². The zero-order valence-corrected chi connectivity index (χ0v) is 76.7. The van der Waals surface area contributed by atoms with Gasteiger partial charge in [-0.3, -0.25) is 14.4 Å². The van der Waals surface area contributed by atoms with E-state index in [2.05, 4.69) is 74.2 Å². The summed E-state index contributed by atoms with van der Waals surface area (Å²) in [5.74, 6) is 5.59. The monoisotopic (exact) mass is 1810 g/mol. The number of aliphatic hydroxyl groups excluding tert-OH is 1. The van der Waals surface area contributed by atoms with Crippen molar-refractivity contribution < 1.29 is 93.9 Å². The van der Waals surface area contributed by atoms with Gasteiger partial charge in [0.15, 0.2) is 0 Å². The van der Waals surface area contributed by atoms with Gasteiger partial charge < -0.3 is 108 Å². The number of nitrogens with two attached hydrogens (primary N) is 2. The molecule has 5 amide bonds. The number of amides is 5. The molecule has 29 heteroatoms. The molecule has 594 valence electrons. The first kappa shape index (κ1) is 115. The fourth-order valence-corrected chi connectivity index (χ4v) is 10.5. The standard InChI is InChI=1S/C22H36N2O4S.C21H34N2O4S.C17H28N2O2S.C11H17NO.CH3I.CH4O.2ClH.HI.3H2S/c1-15-10-9-11-16(2)19(15)27-14-17(3)23-20(25)18(12-13-29(7)8)24-21(26)28-22(4,5)6;1-14-9-8-10-15(2)18(14)26-13-16(3)22-19(24)17(11-12-28-7)23-20(25)27-21(4,5)6;1-12-7-6-8-13(2)16(12)21-11-14(3)19-17(20)15(18)9-10-22(4)5;1-8-5-4-6-9(2)11(8)13-7-10(3)12;2*1-2;;;;;;/h9-11,17-18H,12-14H2,1-8H3,(H-,23,24,25,26);8-10,16-17H,11-13H2,1-7H3,(H,22,24)(H,23,25);6-8,14-15H,9-11,18H2,1-5H3;4-6,10H,7,12H2,1-3H3;1H3;2H,1H3;3*1H;3*1H2/t17?,18-;16?,17-;14?,15-;;;;;;;;;/m000........./s1. The Morgan fingerprint density at radius 1 is 0.471 bits per heavy atom. The minimum Gasteiger partial charge on any atom is -1.00 e. The molecule has 0 aliphatic carbocycles. The quantitative estimate of drug-likeness (QED) is 0.0166. The molecule has 0 spiro atoms. The third-order valence-electron chi connectivity index (χ3n) is 13.3. The maximum absolute atomic E-state index is 12.8. The second-order valence-electron chi connectivity index (χ2n) is 26.1. The van der Waals surface area contributed by atoms with Crippen LogP contribution in [0.2, 0.25) is 0 Å². The summed E-state index contributed by atoms with van der Waals surface area (Å²) in [6.07, 6.45) is 11.2. The number of aliphatic hydroxyl groups is 1. The minimum absolute atomic E-state index is 0. The Morgan fingerprint density at radius 3 is 0.961 bits per heavy atom. The molecule has 0 saturated heterocycles. The van der Waals surface area contributed by atoms with Gasteiger partial charge in [-0.1, -0.05) is 95.4 Å². The number of rotatable bonds is 29. The van der Waals surface area contributed by atoms with Gasteiger partial charge in [0.25, 0.3) is 0 Å². The third-order valence-corrected chi connectivity index (χ3v) is 16.1. The molecule has 0 aliphatic rings. The van der Waals surface area contributed by atoms with Crippen molar-refractivity contribution in [3.05, 3.63) is 117 Å². The first-order valence-electron chi connectivity index (χ1n) is 32.4. The molecule has 0 bridgehead atoms. The van der Waals surface area contributed by atoms with Gasteiger partial charge in [0.1, 0.15) is 84.2 Å². The first-order valence-corrected chi connectivity index (χ1v) is 40.4. The fraction of sp³-hybridized carbons (Fsp3) is 0.603. The van der Waals surface area contributed by atoms with Gasteiger partial charge >= 0.3 is 12.2 Å². The number of carbonyl (C=O) groups excluding carboxylic acids is 5. The molecule has 102 heavy (non-hydrogen) atoms. The average Bonchev–Trinajstić information content (AvgIpc) is 0.886. The normalized spacial score (nSPS) is 12.2. The first-order chi connectivity index (χ1) is 44.8. The van der Waals surface area contributed by atoms with Crippen LogP contribution in [0.25, 0.3) is 0 Å². The van der Waals surface area contributed by atoms with Gasteiger partial charge in [0, 0.05) is 26.0 Å². The lowest BCUT2D eigenvalue weighted by Crippen LogP contribution is -3.00. The highest BCUT2D eigenvalue weighted by atomic mass is 127. The van der Waals surface area contributed by atoms with Gasteiger partial charge in [0.05, 0.1) is 49.2 Å².